The predicted octanol–water partition coefficient (Wildman–Crippen LogP) is 2.71. The summed E-state index contributed by atoms with van der Waals surface area (Å²) in [5.41, 5.74) is -0.507. The highest BCUT2D eigenvalue weighted by Crippen LogP contribution is 2.35. The van der Waals surface area contributed by atoms with Gasteiger partial charge in [0.1, 0.15) is 18.2 Å². The first-order chi connectivity index (χ1) is 30.3. The Morgan fingerprint density at radius 3 is 2.33 bits per heavy atom. The van der Waals surface area contributed by atoms with E-state index in [1.807, 2.05) is 12.3 Å². The second-order valence-corrected chi connectivity index (χ2v) is 16.4. The van der Waals surface area contributed by atoms with Crippen LogP contribution in [-0.4, -0.2) is 147 Å². The quantitative estimate of drug-likeness (QED) is 0.134. The van der Waals surface area contributed by atoms with E-state index >= 15 is 0 Å². The van der Waals surface area contributed by atoms with Crippen LogP contribution in [0.25, 0.3) is 10.9 Å². The van der Waals surface area contributed by atoms with Gasteiger partial charge >= 0.3 is 6.18 Å². The molecule has 1 aromatic carbocycles. The third-order valence-corrected chi connectivity index (χ3v) is 12.2. The number of alkyl halides is 3. The van der Waals surface area contributed by atoms with Gasteiger partial charge in [-0.2, -0.15) is 13.2 Å². The molecule has 0 radical (unpaired) electrons. The standard InChI is InChI=1S/C43H58F3N9O8/c1-27-9-12-47-25-33(27)38-32(24-37(57)54(38)2)41(59)49-14-18-62-20-22-63-21-19-61-17-11-36(56)52-30-6-3-28(4-7-30)40(58)48-13-16-55-15-10-35(42(55)60)53-39-31-23-29(43(44,45)46)5-8-34(31)50-26-51-39/h5,8-9,12,23,25-28,30,32-33,35,38H,3-4,6-7,10-11,13-22,24H2,1-2H3,(H,48,58)(H,49,59)(H,52,56)(H,50,51,53)/t27?,28-,30-,32-,33?,35-,38-/m0/s1. The molecule has 0 spiro atoms. The Morgan fingerprint density at radius 2 is 1.60 bits per heavy atom. The van der Waals surface area contributed by atoms with Gasteiger partial charge in [0.05, 0.1) is 62.7 Å². The number of benzene rings is 1. The van der Waals surface area contributed by atoms with Crippen LogP contribution in [0.3, 0.4) is 0 Å². The van der Waals surface area contributed by atoms with Crippen molar-refractivity contribution in [2.24, 2.45) is 28.7 Å². The number of likely N-dealkylation sites (tertiary alicyclic amines) is 2. The fourth-order valence-corrected chi connectivity index (χ4v) is 8.61. The summed E-state index contributed by atoms with van der Waals surface area (Å²) < 4.78 is 56.6. The molecule has 17 nitrogen and oxygen atoms in total. The molecule has 2 aromatic rings. The molecule has 0 bridgehead atoms. The van der Waals surface area contributed by atoms with Crippen molar-refractivity contribution in [2.75, 3.05) is 78.2 Å². The number of aromatic nitrogens is 2. The van der Waals surface area contributed by atoms with Crippen LogP contribution in [0.4, 0.5) is 19.0 Å². The molecule has 1 aromatic heterocycles. The van der Waals surface area contributed by atoms with E-state index in [0.29, 0.717) is 90.3 Å². The molecule has 1 saturated carbocycles. The minimum absolute atomic E-state index is 0.0229. The van der Waals surface area contributed by atoms with Crippen molar-refractivity contribution in [3.8, 4) is 0 Å². The van der Waals surface area contributed by atoms with Crippen molar-refractivity contribution in [1.82, 2.24) is 35.7 Å². The maximum absolute atomic E-state index is 13.3. The minimum Gasteiger partial charge on any atom is -0.379 e. The lowest BCUT2D eigenvalue weighted by Crippen LogP contribution is -2.46. The molecule has 63 heavy (non-hydrogen) atoms. The van der Waals surface area contributed by atoms with Crippen molar-refractivity contribution in [1.29, 1.82) is 0 Å². The van der Waals surface area contributed by atoms with Crippen LogP contribution in [-0.2, 0) is 44.4 Å². The number of nitrogens with one attached hydrogen (secondary N) is 4. The average molecular weight is 886 g/mol. The van der Waals surface area contributed by atoms with Crippen LogP contribution in [0.1, 0.15) is 57.4 Å². The summed E-state index contributed by atoms with van der Waals surface area (Å²) in [6.45, 7) is 5.24. The molecule has 6 rings (SSSR count). The monoisotopic (exact) mass is 885 g/mol. The van der Waals surface area contributed by atoms with Gasteiger partial charge in [0, 0.05) is 81.7 Å². The smallest absolute Gasteiger partial charge is 0.379 e. The van der Waals surface area contributed by atoms with E-state index in [0.717, 1.165) is 12.1 Å². The lowest BCUT2D eigenvalue weighted by molar-refractivity contribution is -0.137. The van der Waals surface area contributed by atoms with Gasteiger partial charge in [0.15, 0.2) is 0 Å². The van der Waals surface area contributed by atoms with Crippen LogP contribution >= 0.6 is 0 Å². The molecule has 2 unspecified atom stereocenters. The summed E-state index contributed by atoms with van der Waals surface area (Å²) in [6.07, 6.45) is 5.64. The molecule has 20 heteroatoms. The summed E-state index contributed by atoms with van der Waals surface area (Å²) in [4.78, 5) is 79.6. The third kappa shape index (κ3) is 12.9. The van der Waals surface area contributed by atoms with Crippen LogP contribution in [0, 0.1) is 23.7 Å². The highest BCUT2D eigenvalue weighted by molar-refractivity contribution is 5.93. The molecule has 4 aliphatic rings. The number of hydrogen-bond acceptors (Lipinski definition) is 12. The highest BCUT2D eigenvalue weighted by atomic mass is 19.4. The Labute approximate surface area is 364 Å². The third-order valence-electron chi connectivity index (χ3n) is 12.2. The number of aliphatic imine (C=N–C) groups is 1. The molecule has 3 fully saturated rings. The van der Waals surface area contributed by atoms with Crippen molar-refractivity contribution in [3.63, 3.8) is 0 Å². The van der Waals surface area contributed by atoms with Gasteiger partial charge in [-0.3, -0.25) is 29.0 Å². The topological polar surface area (TPSA) is 206 Å². The van der Waals surface area contributed by atoms with Crippen molar-refractivity contribution in [3.05, 3.63) is 42.4 Å². The predicted molar refractivity (Wildman–Crippen MR) is 225 cm³/mol. The Hall–Kier alpha value is -5.21. The molecular formula is C43H58F3N9O8. The first kappa shape index (κ1) is 47.3. The zero-order valence-corrected chi connectivity index (χ0v) is 35.7. The van der Waals surface area contributed by atoms with Crippen LogP contribution in [0.5, 0.6) is 0 Å². The van der Waals surface area contributed by atoms with Gasteiger partial charge in [0.25, 0.3) is 0 Å². The second-order valence-electron chi connectivity index (χ2n) is 16.4. The number of carbonyl (C=O) groups excluding carboxylic acids is 5. The first-order valence-corrected chi connectivity index (χ1v) is 21.7. The van der Waals surface area contributed by atoms with Gasteiger partial charge < -0.3 is 45.3 Å². The number of amides is 5. The fourth-order valence-electron chi connectivity index (χ4n) is 8.61. The molecule has 4 N–H and O–H groups in total. The molecular weight excluding hydrogens is 828 g/mol. The number of rotatable bonds is 21. The molecule has 3 aliphatic heterocycles. The van der Waals surface area contributed by atoms with Crippen LogP contribution in [0.2, 0.25) is 0 Å². The van der Waals surface area contributed by atoms with Crippen LogP contribution < -0.4 is 21.3 Å². The molecule has 2 saturated heterocycles. The van der Waals surface area contributed by atoms with Crippen molar-refractivity contribution < 1.29 is 51.4 Å². The Bertz CT molecular complexity index is 1980. The van der Waals surface area contributed by atoms with E-state index in [4.69, 9.17) is 14.2 Å². The lowest BCUT2D eigenvalue weighted by atomic mass is 9.80. The number of nitrogens with zero attached hydrogens (tertiary/aromatic N) is 5. The summed E-state index contributed by atoms with van der Waals surface area (Å²) in [6, 6.07) is 2.26. The van der Waals surface area contributed by atoms with Gasteiger partial charge in [-0.1, -0.05) is 13.0 Å². The zero-order valence-electron chi connectivity index (χ0n) is 35.7. The number of halogens is 3. The van der Waals surface area contributed by atoms with E-state index in [1.165, 1.54) is 12.4 Å². The lowest BCUT2D eigenvalue weighted by Gasteiger charge is -2.33. The van der Waals surface area contributed by atoms with Crippen molar-refractivity contribution >= 4 is 52.5 Å². The largest absolute Gasteiger partial charge is 0.416 e. The summed E-state index contributed by atoms with van der Waals surface area (Å²) in [7, 11) is 1.74. The number of fused-ring (bicyclic) bond motifs is 1. The maximum Gasteiger partial charge on any atom is 0.416 e. The second kappa shape index (κ2) is 22.4. The number of ether oxygens (including phenoxy) is 3. The normalized spacial score (nSPS) is 24.9. The highest BCUT2D eigenvalue weighted by Gasteiger charge is 2.46. The average Bonchev–Trinajstić information content (AvgIpc) is 3.76. The zero-order chi connectivity index (χ0) is 44.9. The summed E-state index contributed by atoms with van der Waals surface area (Å²) >= 11 is 0. The van der Waals surface area contributed by atoms with Gasteiger partial charge in [-0.15, -0.1) is 0 Å². The molecule has 5 amide bonds. The maximum atomic E-state index is 13.3. The number of allylic oxidation sites excluding steroid dienone is 1. The van der Waals surface area contributed by atoms with Gasteiger partial charge in [-0.05, 0) is 56.2 Å². The number of carbonyl (C=O) groups is 5. The summed E-state index contributed by atoms with van der Waals surface area (Å²) in [5, 5.41) is 12.0. The fraction of sp³-hybridized carbons (Fsp3) is 0.628. The molecule has 1 aliphatic carbocycles. The number of anilines is 1. The number of hydrogen-bond donors (Lipinski definition) is 4. The van der Waals surface area contributed by atoms with Gasteiger partial charge in [-0.25, -0.2) is 9.97 Å². The first-order valence-electron chi connectivity index (χ1n) is 21.7. The summed E-state index contributed by atoms with van der Waals surface area (Å²) in [5.74, 6) is -1.00. The van der Waals surface area contributed by atoms with Gasteiger partial charge in [0.2, 0.25) is 29.5 Å². The minimum atomic E-state index is -4.53. The molecule has 4 heterocycles. The molecule has 344 valence electrons. The van der Waals surface area contributed by atoms with E-state index in [1.54, 1.807) is 23.0 Å². The molecule has 5 atom stereocenters. The van der Waals surface area contributed by atoms with Crippen LogP contribution in [0.15, 0.2) is 41.8 Å². The van der Waals surface area contributed by atoms with Crippen molar-refractivity contribution in [2.45, 2.75) is 76.2 Å². The Kier molecular flexibility index (Phi) is 16.8. The van der Waals surface area contributed by atoms with E-state index in [2.05, 4.69) is 43.2 Å². The Balaban J connectivity index is 0.752. The SMILES string of the molecule is CC1C=CN=CC1[C@@H]1[C@@H](C(=O)NCCOCCOCCOCCC(=O)N[C@H]2CC[C@H](C(=O)NCCN3CC[C@H](Nc4ncnc5ccc(C(F)(F)F)cc45)C3=O)CC2)CC(=O)N1C. The van der Waals surface area contributed by atoms with E-state index in [9.17, 15) is 37.1 Å². The van der Waals surface area contributed by atoms with E-state index in [-0.39, 0.29) is 96.6 Å². The Morgan fingerprint density at radius 1 is 0.889 bits per heavy atom. The van der Waals surface area contributed by atoms with E-state index < -0.39 is 23.7 Å².